The number of fused-ring (bicyclic) bond motifs is 4. The zero-order chi connectivity index (χ0) is 20.1. The predicted octanol–water partition coefficient (Wildman–Crippen LogP) is 8.26. The number of nitrogens with zero attached hydrogens (tertiary/aromatic N) is 1. The monoisotopic (exact) mass is 403 g/mol. The number of rotatable bonds is 2. The number of aromatic nitrogens is 1. The highest BCUT2D eigenvalue weighted by molar-refractivity contribution is 6.31. The van der Waals surface area contributed by atoms with E-state index in [9.17, 15) is 0 Å². The van der Waals surface area contributed by atoms with Crippen molar-refractivity contribution in [2.24, 2.45) is 0 Å². The molecule has 0 fully saturated rings. The van der Waals surface area contributed by atoms with Gasteiger partial charge in [-0.3, -0.25) is 0 Å². The van der Waals surface area contributed by atoms with Crippen LogP contribution in [0, 0.1) is 0 Å². The Balaban J connectivity index is 1.71. The number of hydrogen-bond donors (Lipinski definition) is 0. The van der Waals surface area contributed by atoms with E-state index in [1.807, 2.05) is 6.07 Å². The van der Waals surface area contributed by atoms with Gasteiger partial charge in [-0.05, 0) is 52.2 Å². The summed E-state index contributed by atoms with van der Waals surface area (Å²) in [6.45, 7) is 0. The smallest absolute Gasteiger partial charge is 0.0555 e. The van der Waals surface area contributed by atoms with Gasteiger partial charge >= 0.3 is 0 Å². The van der Waals surface area contributed by atoms with Gasteiger partial charge < -0.3 is 4.57 Å². The lowest BCUT2D eigenvalue weighted by molar-refractivity contribution is 1.19. The molecule has 0 saturated carbocycles. The van der Waals surface area contributed by atoms with E-state index in [0.717, 1.165) is 16.2 Å². The summed E-state index contributed by atoms with van der Waals surface area (Å²) in [5.74, 6) is 0. The van der Waals surface area contributed by atoms with E-state index < -0.39 is 0 Å². The second-order valence-corrected chi connectivity index (χ2v) is 8.06. The van der Waals surface area contributed by atoms with Gasteiger partial charge in [-0.25, -0.2) is 0 Å². The highest BCUT2D eigenvalue weighted by Crippen LogP contribution is 2.36. The molecule has 0 spiro atoms. The van der Waals surface area contributed by atoms with Crippen molar-refractivity contribution in [1.82, 2.24) is 4.57 Å². The van der Waals surface area contributed by atoms with Crippen molar-refractivity contribution in [3.8, 4) is 16.8 Å². The van der Waals surface area contributed by atoms with Crippen LogP contribution < -0.4 is 0 Å². The molecule has 2 heteroatoms. The SMILES string of the molecule is Clc1ccc2c3ccc(-c4ccccc4)cc3n(-c3ccc4ccccc4c3)c2c1. The van der Waals surface area contributed by atoms with E-state index in [1.165, 1.54) is 38.2 Å². The molecule has 0 radical (unpaired) electrons. The van der Waals surface area contributed by atoms with Crippen LogP contribution in [-0.4, -0.2) is 4.57 Å². The summed E-state index contributed by atoms with van der Waals surface area (Å²) in [6.07, 6.45) is 0. The highest BCUT2D eigenvalue weighted by Gasteiger charge is 2.14. The van der Waals surface area contributed by atoms with Crippen LogP contribution >= 0.6 is 11.6 Å². The molecule has 0 atom stereocenters. The Morgan fingerprint density at radius 1 is 0.500 bits per heavy atom. The molecule has 5 aromatic carbocycles. The average molecular weight is 404 g/mol. The van der Waals surface area contributed by atoms with Gasteiger partial charge in [0.2, 0.25) is 0 Å². The Morgan fingerprint density at radius 3 is 2.03 bits per heavy atom. The fraction of sp³-hybridized carbons (Fsp3) is 0. The molecule has 0 bridgehead atoms. The summed E-state index contributed by atoms with van der Waals surface area (Å²) < 4.78 is 2.33. The zero-order valence-corrected chi connectivity index (χ0v) is 17.0. The molecule has 0 aliphatic heterocycles. The first-order valence-corrected chi connectivity index (χ1v) is 10.4. The van der Waals surface area contributed by atoms with Crippen molar-refractivity contribution in [2.75, 3.05) is 0 Å². The Labute approximate surface area is 179 Å². The van der Waals surface area contributed by atoms with E-state index in [0.29, 0.717) is 0 Å². The lowest BCUT2D eigenvalue weighted by Crippen LogP contribution is -1.94. The molecule has 0 amide bonds. The van der Waals surface area contributed by atoms with E-state index >= 15 is 0 Å². The standard InChI is InChI=1S/C28H18ClN/c29-23-12-15-26-25-14-11-22(19-6-2-1-3-7-19)17-27(25)30(28(26)18-23)24-13-10-20-8-4-5-9-21(20)16-24/h1-18H. The molecule has 30 heavy (non-hydrogen) atoms. The fourth-order valence-electron chi connectivity index (χ4n) is 4.40. The second-order valence-electron chi connectivity index (χ2n) is 7.63. The molecular weight excluding hydrogens is 386 g/mol. The van der Waals surface area contributed by atoms with Crippen LogP contribution in [0.2, 0.25) is 5.02 Å². The first kappa shape index (κ1) is 17.3. The fourth-order valence-corrected chi connectivity index (χ4v) is 4.56. The van der Waals surface area contributed by atoms with Crippen LogP contribution in [-0.2, 0) is 0 Å². The maximum absolute atomic E-state index is 6.41. The summed E-state index contributed by atoms with van der Waals surface area (Å²) in [7, 11) is 0. The molecule has 1 nitrogen and oxygen atoms in total. The number of hydrogen-bond acceptors (Lipinski definition) is 0. The summed E-state index contributed by atoms with van der Waals surface area (Å²) in [4.78, 5) is 0. The molecular formula is C28H18ClN. The molecule has 6 rings (SSSR count). The highest BCUT2D eigenvalue weighted by atomic mass is 35.5. The Bertz CT molecular complexity index is 1540. The predicted molar refractivity (Wildman–Crippen MR) is 129 cm³/mol. The Kier molecular flexibility index (Phi) is 3.90. The summed E-state index contributed by atoms with van der Waals surface area (Å²) in [6, 6.07) is 38.5. The van der Waals surface area contributed by atoms with E-state index in [1.54, 1.807) is 0 Å². The van der Waals surface area contributed by atoms with Gasteiger partial charge in [0.15, 0.2) is 0 Å². The van der Waals surface area contributed by atoms with Crippen molar-refractivity contribution in [2.45, 2.75) is 0 Å². The third-order valence-electron chi connectivity index (χ3n) is 5.83. The third kappa shape index (κ3) is 2.71. The first-order valence-electron chi connectivity index (χ1n) is 10.1. The van der Waals surface area contributed by atoms with E-state index in [-0.39, 0.29) is 0 Å². The molecule has 1 heterocycles. The van der Waals surface area contributed by atoms with Crippen LogP contribution in [0.3, 0.4) is 0 Å². The van der Waals surface area contributed by atoms with Gasteiger partial charge in [0, 0.05) is 21.5 Å². The number of halogens is 1. The molecule has 142 valence electrons. The summed E-state index contributed by atoms with van der Waals surface area (Å²) >= 11 is 6.41. The van der Waals surface area contributed by atoms with Crippen LogP contribution in [0.1, 0.15) is 0 Å². The van der Waals surface area contributed by atoms with Gasteiger partial charge in [0.05, 0.1) is 11.0 Å². The average Bonchev–Trinajstić information content (AvgIpc) is 3.12. The third-order valence-corrected chi connectivity index (χ3v) is 6.06. The quantitative estimate of drug-likeness (QED) is 0.274. The first-order chi connectivity index (χ1) is 14.8. The summed E-state index contributed by atoms with van der Waals surface area (Å²) in [5, 5.41) is 5.66. The van der Waals surface area contributed by atoms with E-state index in [2.05, 4.69) is 108 Å². The topological polar surface area (TPSA) is 4.93 Å². The van der Waals surface area contributed by atoms with Gasteiger partial charge in [-0.2, -0.15) is 0 Å². The maximum Gasteiger partial charge on any atom is 0.0555 e. The molecule has 0 N–H and O–H groups in total. The molecule has 6 aromatic rings. The number of benzene rings is 5. The Hall–Kier alpha value is -3.55. The van der Waals surface area contributed by atoms with Gasteiger partial charge in [-0.15, -0.1) is 0 Å². The Morgan fingerprint density at radius 2 is 1.20 bits per heavy atom. The van der Waals surface area contributed by atoms with Crippen LogP contribution in [0.5, 0.6) is 0 Å². The van der Waals surface area contributed by atoms with Crippen molar-refractivity contribution in [1.29, 1.82) is 0 Å². The van der Waals surface area contributed by atoms with Crippen LogP contribution in [0.25, 0.3) is 49.4 Å². The van der Waals surface area contributed by atoms with E-state index in [4.69, 9.17) is 11.6 Å². The summed E-state index contributed by atoms with van der Waals surface area (Å²) in [5.41, 5.74) is 5.87. The van der Waals surface area contributed by atoms with Crippen LogP contribution in [0.15, 0.2) is 109 Å². The van der Waals surface area contributed by atoms with Gasteiger partial charge in [0.25, 0.3) is 0 Å². The molecule has 0 unspecified atom stereocenters. The zero-order valence-electron chi connectivity index (χ0n) is 16.2. The minimum absolute atomic E-state index is 0.746. The molecule has 0 aliphatic carbocycles. The second kappa shape index (κ2) is 6.76. The minimum Gasteiger partial charge on any atom is -0.309 e. The molecule has 0 aliphatic rings. The molecule has 0 saturated heterocycles. The normalized spacial score (nSPS) is 11.5. The van der Waals surface area contributed by atoms with Gasteiger partial charge in [-0.1, -0.05) is 90.5 Å². The largest absolute Gasteiger partial charge is 0.309 e. The maximum atomic E-state index is 6.41. The van der Waals surface area contributed by atoms with Crippen molar-refractivity contribution in [3.05, 3.63) is 114 Å². The van der Waals surface area contributed by atoms with Crippen molar-refractivity contribution >= 4 is 44.2 Å². The van der Waals surface area contributed by atoms with Crippen molar-refractivity contribution in [3.63, 3.8) is 0 Å². The van der Waals surface area contributed by atoms with Crippen molar-refractivity contribution < 1.29 is 0 Å². The lowest BCUT2D eigenvalue weighted by atomic mass is 10.0. The lowest BCUT2D eigenvalue weighted by Gasteiger charge is -2.10. The van der Waals surface area contributed by atoms with Gasteiger partial charge in [0.1, 0.15) is 0 Å². The molecule has 1 aromatic heterocycles. The van der Waals surface area contributed by atoms with Crippen LogP contribution in [0.4, 0.5) is 0 Å². The minimum atomic E-state index is 0.746.